The largest absolute Gasteiger partial charge is 0.396 e. The molecule has 16 heavy (non-hydrogen) atoms. The van der Waals surface area contributed by atoms with Gasteiger partial charge in [-0.2, -0.15) is 22.7 Å². The van der Waals surface area contributed by atoms with Crippen LogP contribution in [-0.2, 0) is 5.60 Å². The lowest BCUT2D eigenvalue weighted by Gasteiger charge is -2.26. The summed E-state index contributed by atoms with van der Waals surface area (Å²) in [6.45, 7) is 0.108. The molecule has 0 saturated heterocycles. The van der Waals surface area contributed by atoms with Gasteiger partial charge in [0.05, 0.1) is 0 Å². The number of hydrogen-bond donors (Lipinski definition) is 2. The molecule has 86 valence electrons. The molecule has 0 saturated carbocycles. The van der Waals surface area contributed by atoms with Crippen LogP contribution in [0.5, 0.6) is 0 Å². The highest BCUT2D eigenvalue weighted by atomic mass is 32.1. The molecule has 4 heteroatoms. The molecule has 0 atom stereocenters. The van der Waals surface area contributed by atoms with Crippen LogP contribution in [0.25, 0.3) is 0 Å². The minimum atomic E-state index is -0.942. The molecule has 0 bridgehead atoms. The van der Waals surface area contributed by atoms with Crippen LogP contribution >= 0.6 is 22.7 Å². The second-order valence-corrected chi connectivity index (χ2v) is 5.27. The Morgan fingerprint density at radius 1 is 1.06 bits per heavy atom. The number of rotatable bonds is 5. The molecular formula is C12H14O2S2. The van der Waals surface area contributed by atoms with Crippen molar-refractivity contribution in [2.24, 2.45) is 0 Å². The molecular weight excluding hydrogens is 240 g/mol. The van der Waals surface area contributed by atoms with Gasteiger partial charge in [0.25, 0.3) is 0 Å². The number of hydrogen-bond acceptors (Lipinski definition) is 4. The van der Waals surface area contributed by atoms with Crippen LogP contribution in [0.2, 0.25) is 0 Å². The van der Waals surface area contributed by atoms with E-state index in [2.05, 4.69) is 0 Å². The Balaban J connectivity index is 2.33. The average Bonchev–Trinajstić information content (AvgIpc) is 2.96. The fraction of sp³-hybridized carbons (Fsp3) is 0.333. The Hall–Kier alpha value is -0.680. The third-order valence-electron chi connectivity index (χ3n) is 2.69. The zero-order valence-corrected chi connectivity index (χ0v) is 10.4. The van der Waals surface area contributed by atoms with Gasteiger partial charge in [0.15, 0.2) is 0 Å². The van der Waals surface area contributed by atoms with E-state index < -0.39 is 5.60 Å². The monoisotopic (exact) mass is 254 g/mol. The molecule has 2 aromatic rings. The van der Waals surface area contributed by atoms with E-state index in [4.69, 9.17) is 5.11 Å². The summed E-state index contributed by atoms with van der Waals surface area (Å²) in [5.74, 6) is 0. The molecule has 0 aliphatic carbocycles. The minimum Gasteiger partial charge on any atom is -0.396 e. The van der Waals surface area contributed by atoms with Gasteiger partial charge in [-0.15, -0.1) is 0 Å². The van der Waals surface area contributed by atoms with Crippen molar-refractivity contribution in [2.75, 3.05) is 6.61 Å². The minimum absolute atomic E-state index is 0.108. The normalized spacial score (nSPS) is 11.9. The van der Waals surface area contributed by atoms with E-state index in [9.17, 15) is 5.11 Å². The van der Waals surface area contributed by atoms with E-state index in [-0.39, 0.29) is 6.61 Å². The average molecular weight is 254 g/mol. The van der Waals surface area contributed by atoms with Gasteiger partial charge in [-0.1, -0.05) is 0 Å². The van der Waals surface area contributed by atoms with Crippen molar-refractivity contribution in [1.82, 2.24) is 0 Å². The predicted molar refractivity (Wildman–Crippen MR) is 68.0 cm³/mol. The first-order valence-corrected chi connectivity index (χ1v) is 7.04. The third kappa shape index (κ3) is 2.20. The lowest BCUT2D eigenvalue weighted by atomic mass is 9.86. The Morgan fingerprint density at radius 3 is 2.00 bits per heavy atom. The summed E-state index contributed by atoms with van der Waals surface area (Å²) in [7, 11) is 0. The summed E-state index contributed by atoms with van der Waals surface area (Å²) >= 11 is 3.16. The molecule has 0 aliphatic heterocycles. The molecule has 0 amide bonds. The summed E-state index contributed by atoms with van der Waals surface area (Å²) in [6.07, 6.45) is 1.15. The van der Waals surface area contributed by atoms with E-state index in [0.717, 1.165) is 11.1 Å². The highest BCUT2D eigenvalue weighted by Gasteiger charge is 2.31. The predicted octanol–water partition coefficient (Wildman–Crippen LogP) is 2.82. The Kier molecular flexibility index (Phi) is 3.76. The van der Waals surface area contributed by atoms with Crippen LogP contribution in [0.15, 0.2) is 33.7 Å². The van der Waals surface area contributed by atoms with E-state index in [1.54, 1.807) is 22.7 Å². The number of aliphatic hydroxyl groups is 2. The van der Waals surface area contributed by atoms with Gasteiger partial charge in [-0.3, -0.25) is 0 Å². The quantitative estimate of drug-likeness (QED) is 0.861. The zero-order valence-electron chi connectivity index (χ0n) is 8.80. The lowest BCUT2D eigenvalue weighted by molar-refractivity contribution is 0.0634. The van der Waals surface area contributed by atoms with Gasteiger partial charge in [-0.05, 0) is 57.6 Å². The third-order valence-corrected chi connectivity index (χ3v) is 4.06. The summed E-state index contributed by atoms with van der Waals surface area (Å²) in [4.78, 5) is 0. The molecule has 0 unspecified atom stereocenters. The maximum absolute atomic E-state index is 10.8. The molecule has 0 radical (unpaired) electrons. The van der Waals surface area contributed by atoms with Crippen LogP contribution in [0.1, 0.15) is 24.0 Å². The van der Waals surface area contributed by atoms with Crippen molar-refractivity contribution < 1.29 is 10.2 Å². The Morgan fingerprint density at radius 2 is 1.62 bits per heavy atom. The van der Waals surface area contributed by atoms with E-state index in [1.165, 1.54) is 0 Å². The van der Waals surface area contributed by atoms with E-state index >= 15 is 0 Å². The van der Waals surface area contributed by atoms with Crippen LogP contribution in [-0.4, -0.2) is 16.8 Å². The smallest absolute Gasteiger partial charge is 0.116 e. The molecule has 0 spiro atoms. The second kappa shape index (κ2) is 5.10. The Labute approximate surface area is 103 Å². The summed E-state index contributed by atoms with van der Waals surface area (Å²) in [6, 6.07) is 3.89. The van der Waals surface area contributed by atoms with Gasteiger partial charge in [0, 0.05) is 6.61 Å². The fourth-order valence-electron chi connectivity index (χ4n) is 1.79. The first-order chi connectivity index (χ1) is 7.77. The molecule has 0 aliphatic rings. The summed E-state index contributed by atoms with van der Waals surface area (Å²) < 4.78 is 0. The van der Waals surface area contributed by atoms with Crippen molar-refractivity contribution in [3.8, 4) is 0 Å². The zero-order chi connectivity index (χ0) is 11.4. The van der Waals surface area contributed by atoms with Gasteiger partial charge >= 0.3 is 0 Å². The van der Waals surface area contributed by atoms with Crippen LogP contribution in [0, 0.1) is 0 Å². The highest BCUT2D eigenvalue weighted by Crippen LogP contribution is 2.36. The van der Waals surface area contributed by atoms with Crippen LogP contribution < -0.4 is 0 Å². The van der Waals surface area contributed by atoms with Crippen molar-refractivity contribution >= 4 is 22.7 Å². The molecule has 2 rings (SSSR count). The van der Waals surface area contributed by atoms with E-state index in [0.29, 0.717) is 12.8 Å². The van der Waals surface area contributed by atoms with Crippen molar-refractivity contribution in [3.63, 3.8) is 0 Å². The topological polar surface area (TPSA) is 40.5 Å². The SMILES string of the molecule is OCCCC(O)(c1ccsc1)c1ccsc1. The van der Waals surface area contributed by atoms with Crippen molar-refractivity contribution in [3.05, 3.63) is 44.8 Å². The molecule has 2 N–H and O–H groups in total. The summed E-state index contributed by atoms with van der Waals surface area (Å²) in [5.41, 5.74) is 0.900. The first kappa shape index (κ1) is 11.8. The number of thiophene rings is 2. The maximum Gasteiger partial charge on any atom is 0.116 e. The molecule has 0 aromatic carbocycles. The molecule has 2 heterocycles. The number of aliphatic hydroxyl groups excluding tert-OH is 1. The van der Waals surface area contributed by atoms with Gasteiger partial charge in [0.1, 0.15) is 5.60 Å². The molecule has 0 fully saturated rings. The standard InChI is InChI=1S/C12H14O2S2/c13-5-1-4-12(14,10-2-6-15-8-10)11-3-7-16-9-11/h2-3,6-9,13-14H,1,4-5H2. The van der Waals surface area contributed by atoms with Crippen LogP contribution in [0.3, 0.4) is 0 Å². The fourth-order valence-corrected chi connectivity index (χ4v) is 3.24. The van der Waals surface area contributed by atoms with Crippen molar-refractivity contribution in [1.29, 1.82) is 0 Å². The van der Waals surface area contributed by atoms with Crippen molar-refractivity contribution in [2.45, 2.75) is 18.4 Å². The summed E-state index contributed by atoms with van der Waals surface area (Å²) in [5, 5.41) is 27.5. The second-order valence-electron chi connectivity index (χ2n) is 3.71. The van der Waals surface area contributed by atoms with Gasteiger partial charge < -0.3 is 10.2 Å². The highest BCUT2D eigenvalue weighted by molar-refractivity contribution is 7.08. The van der Waals surface area contributed by atoms with Gasteiger partial charge in [0.2, 0.25) is 0 Å². The lowest BCUT2D eigenvalue weighted by Crippen LogP contribution is -2.26. The van der Waals surface area contributed by atoms with Crippen LogP contribution in [0.4, 0.5) is 0 Å². The molecule has 2 aromatic heterocycles. The first-order valence-electron chi connectivity index (χ1n) is 5.16. The Bertz CT molecular complexity index is 372. The van der Waals surface area contributed by atoms with Gasteiger partial charge in [-0.25, -0.2) is 0 Å². The van der Waals surface area contributed by atoms with E-state index in [1.807, 2.05) is 33.7 Å². The molecule has 2 nitrogen and oxygen atoms in total. The maximum atomic E-state index is 10.8.